The summed E-state index contributed by atoms with van der Waals surface area (Å²) in [5.41, 5.74) is 2.37. The molecule has 3 heteroatoms. The predicted octanol–water partition coefficient (Wildman–Crippen LogP) is 1.67. The van der Waals surface area contributed by atoms with Crippen molar-refractivity contribution in [2.45, 2.75) is 18.8 Å². The van der Waals surface area contributed by atoms with Gasteiger partial charge in [0.05, 0.1) is 19.8 Å². The highest BCUT2D eigenvalue weighted by Gasteiger charge is 2.35. The van der Waals surface area contributed by atoms with Crippen LogP contribution < -0.4 is 4.74 Å². The van der Waals surface area contributed by atoms with E-state index in [1.165, 1.54) is 5.56 Å². The van der Waals surface area contributed by atoms with Crippen LogP contribution in [0.25, 0.3) is 0 Å². The highest BCUT2D eigenvalue weighted by atomic mass is 16.7. The van der Waals surface area contributed by atoms with Gasteiger partial charge in [0.2, 0.25) is 0 Å². The average molecular weight is 192 g/mol. The Kier molecular flexibility index (Phi) is 1.75. The molecule has 2 heterocycles. The molecule has 0 saturated carbocycles. The van der Waals surface area contributed by atoms with Gasteiger partial charge in [0.15, 0.2) is 6.29 Å². The van der Waals surface area contributed by atoms with E-state index in [0.29, 0.717) is 6.61 Å². The molecule has 3 nitrogen and oxygen atoms in total. The molecule has 0 amide bonds. The molecule has 0 unspecified atom stereocenters. The van der Waals surface area contributed by atoms with Gasteiger partial charge in [-0.05, 0) is 6.07 Å². The molecule has 2 aliphatic rings. The van der Waals surface area contributed by atoms with E-state index < -0.39 is 0 Å². The minimum Gasteiger partial charge on any atom is -0.496 e. The zero-order chi connectivity index (χ0) is 9.54. The average Bonchev–Trinajstić information content (AvgIpc) is 2.61. The highest BCUT2D eigenvalue weighted by molar-refractivity contribution is 5.43. The fraction of sp³-hybridized carbons (Fsp3) is 0.455. The van der Waals surface area contributed by atoms with Crippen molar-refractivity contribution in [1.82, 2.24) is 0 Å². The van der Waals surface area contributed by atoms with Crippen molar-refractivity contribution in [1.29, 1.82) is 0 Å². The third-order valence-electron chi connectivity index (χ3n) is 2.82. The van der Waals surface area contributed by atoms with E-state index in [0.717, 1.165) is 17.7 Å². The second-order valence-electron chi connectivity index (χ2n) is 3.66. The van der Waals surface area contributed by atoms with E-state index in [1.54, 1.807) is 7.11 Å². The van der Waals surface area contributed by atoms with Crippen molar-refractivity contribution < 1.29 is 14.2 Å². The van der Waals surface area contributed by atoms with Crippen LogP contribution in [0.15, 0.2) is 18.2 Å². The fourth-order valence-electron chi connectivity index (χ4n) is 2.16. The summed E-state index contributed by atoms with van der Waals surface area (Å²) in [7, 11) is 1.70. The van der Waals surface area contributed by atoms with Gasteiger partial charge in [-0.25, -0.2) is 0 Å². The summed E-state index contributed by atoms with van der Waals surface area (Å²) >= 11 is 0. The molecule has 0 aromatic heterocycles. The number of fused-ring (bicyclic) bond motifs is 4. The first kappa shape index (κ1) is 8.26. The molecule has 2 atom stereocenters. The van der Waals surface area contributed by atoms with Gasteiger partial charge in [-0.3, -0.25) is 0 Å². The third kappa shape index (κ3) is 1.06. The van der Waals surface area contributed by atoms with Gasteiger partial charge >= 0.3 is 0 Å². The molecule has 0 spiro atoms. The smallest absolute Gasteiger partial charge is 0.184 e. The van der Waals surface area contributed by atoms with Gasteiger partial charge in [0, 0.05) is 17.5 Å². The summed E-state index contributed by atoms with van der Waals surface area (Å²) in [5.74, 6) is 0.950. The molecule has 1 aromatic carbocycles. The lowest BCUT2D eigenvalue weighted by atomic mass is 9.99. The molecular weight excluding hydrogens is 180 g/mol. The molecule has 1 aromatic rings. The van der Waals surface area contributed by atoms with Crippen molar-refractivity contribution in [3.05, 3.63) is 29.3 Å². The molecule has 0 aliphatic carbocycles. The first-order chi connectivity index (χ1) is 6.88. The number of hydrogen-bond acceptors (Lipinski definition) is 3. The monoisotopic (exact) mass is 192 g/mol. The van der Waals surface area contributed by atoms with Gasteiger partial charge in [-0.1, -0.05) is 12.1 Å². The van der Waals surface area contributed by atoms with Crippen LogP contribution in [0.3, 0.4) is 0 Å². The lowest BCUT2D eigenvalue weighted by molar-refractivity contribution is -0.0680. The second-order valence-corrected chi connectivity index (χ2v) is 3.66. The summed E-state index contributed by atoms with van der Waals surface area (Å²) < 4.78 is 16.5. The van der Waals surface area contributed by atoms with Crippen molar-refractivity contribution in [2.24, 2.45) is 0 Å². The summed E-state index contributed by atoms with van der Waals surface area (Å²) in [5, 5.41) is 0. The Morgan fingerprint density at radius 3 is 3.21 bits per heavy atom. The van der Waals surface area contributed by atoms with Crippen LogP contribution >= 0.6 is 0 Å². The van der Waals surface area contributed by atoms with Gasteiger partial charge in [-0.2, -0.15) is 0 Å². The maximum atomic E-state index is 5.65. The summed E-state index contributed by atoms with van der Waals surface area (Å²) in [4.78, 5) is 0. The number of ether oxygens (including phenoxy) is 3. The zero-order valence-electron chi connectivity index (χ0n) is 8.03. The van der Waals surface area contributed by atoms with E-state index in [4.69, 9.17) is 14.2 Å². The van der Waals surface area contributed by atoms with Crippen LogP contribution in [0, 0.1) is 0 Å². The standard InChI is InChI=1S/C11H12O3/c1-12-10-4-2-3-8-9(10)5-7-6-13-11(8)14-7/h2-4,7,11H,5-6H2,1H3/t7-,11+/m0/s1. The Balaban J connectivity index is 2.12. The minimum atomic E-state index is -0.168. The van der Waals surface area contributed by atoms with Crippen LogP contribution in [0.5, 0.6) is 5.75 Å². The van der Waals surface area contributed by atoms with Crippen molar-refractivity contribution >= 4 is 0 Å². The Bertz CT molecular complexity index is 362. The molecule has 1 fully saturated rings. The maximum Gasteiger partial charge on any atom is 0.184 e. The number of benzene rings is 1. The van der Waals surface area contributed by atoms with Crippen molar-refractivity contribution in [3.63, 3.8) is 0 Å². The number of hydrogen-bond donors (Lipinski definition) is 0. The highest BCUT2D eigenvalue weighted by Crippen LogP contribution is 2.39. The van der Waals surface area contributed by atoms with Crippen molar-refractivity contribution in [2.75, 3.05) is 13.7 Å². The first-order valence-corrected chi connectivity index (χ1v) is 4.81. The molecule has 1 saturated heterocycles. The van der Waals surface area contributed by atoms with E-state index in [2.05, 4.69) is 0 Å². The van der Waals surface area contributed by atoms with Crippen LogP contribution in [0.1, 0.15) is 17.4 Å². The molecule has 0 radical (unpaired) electrons. The molecule has 14 heavy (non-hydrogen) atoms. The Hall–Kier alpha value is -1.06. The third-order valence-corrected chi connectivity index (χ3v) is 2.82. The van der Waals surface area contributed by atoms with Crippen LogP contribution in [-0.2, 0) is 15.9 Å². The fourth-order valence-corrected chi connectivity index (χ4v) is 2.16. The Morgan fingerprint density at radius 2 is 2.36 bits per heavy atom. The van der Waals surface area contributed by atoms with Crippen LogP contribution in [0.4, 0.5) is 0 Å². The van der Waals surface area contributed by atoms with Gasteiger partial charge in [0.25, 0.3) is 0 Å². The summed E-state index contributed by atoms with van der Waals surface area (Å²) in [6.07, 6.45) is 0.943. The minimum absolute atomic E-state index is 0.168. The quantitative estimate of drug-likeness (QED) is 0.677. The van der Waals surface area contributed by atoms with Crippen molar-refractivity contribution in [3.8, 4) is 5.75 Å². The van der Waals surface area contributed by atoms with E-state index >= 15 is 0 Å². The number of methoxy groups -OCH3 is 1. The molecule has 74 valence electrons. The summed E-state index contributed by atoms with van der Waals surface area (Å²) in [6.45, 7) is 0.697. The van der Waals surface area contributed by atoms with Gasteiger partial charge in [0.1, 0.15) is 5.75 Å². The largest absolute Gasteiger partial charge is 0.496 e. The Labute approximate surface area is 82.6 Å². The molecular formula is C11H12O3. The molecule has 2 bridgehead atoms. The van der Waals surface area contributed by atoms with Crippen LogP contribution in [-0.4, -0.2) is 19.8 Å². The molecule has 0 N–H and O–H groups in total. The zero-order valence-corrected chi connectivity index (χ0v) is 8.03. The lowest BCUT2D eigenvalue weighted by Crippen LogP contribution is -2.19. The van der Waals surface area contributed by atoms with Gasteiger partial charge in [-0.15, -0.1) is 0 Å². The molecule has 2 aliphatic heterocycles. The second kappa shape index (κ2) is 2.97. The van der Waals surface area contributed by atoms with E-state index in [9.17, 15) is 0 Å². The normalized spacial score (nSPS) is 28.6. The number of rotatable bonds is 1. The maximum absolute atomic E-state index is 5.65. The molecule has 3 rings (SSSR count). The van der Waals surface area contributed by atoms with Gasteiger partial charge < -0.3 is 14.2 Å². The van der Waals surface area contributed by atoms with Crippen LogP contribution in [0.2, 0.25) is 0 Å². The van der Waals surface area contributed by atoms with E-state index in [1.807, 2.05) is 18.2 Å². The first-order valence-electron chi connectivity index (χ1n) is 4.81. The lowest BCUT2D eigenvalue weighted by Gasteiger charge is -2.23. The topological polar surface area (TPSA) is 27.7 Å². The summed E-state index contributed by atoms with van der Waals surface area (Å²) in [6, 6.07) is 6.01. The SMILES string of the molecule is COc1cccc2c1C[C@H]1CO[C@@H]2O1. The Morgan fingerprint density at radius 1 is 1.43 bits per heavy atom. The van der Waals surface area contributed by atoms with E-state index in [-0.39, 0.29) is 12.4 Å². The predicted molar refractivity (Wildman–Crippen MR) is 50.3 cm³/mol.